The number of benzene rings is 2. The lowest BCUT2D eigenvalue weighted by Gasteiger charge is -2.36. The van der Waals surface area contributed by atoms with Crippen molar-refractivity contribution in [3.05, 3.63) is 89.8 Å². The summed E-state index contributed by atoms with van der Waals surface area (Å²) in [6, 6.07) is 15.7. The first-order chi connectivity index (χ1) is 20.9. The molecule has 1 atom stereocenters. The average molecular weight is 599 g/mol. The maximum absolute atomic E-state index is 13.3. The Balaban J connectivity index is 1.38. The number of halogens is 1. The van der Waals surface area contributed by atoms with Gasteiger partial charge in [-0.2, -0.15) is 0 Å². The number of ketones is 1. The summed E-state index contributed by atoms with van der Waals surface area (Å²) < 4.78 is 20.2. The highest BCUT2D eigenvalue weighted by Gasteiger charge is 2.36. The molecule has 0 unspecified atom stereocenters. The standard InChI is InChI=1S/C33H35FN6O4/c1-20(41)29-28(38-30(40(29)35)26-7-5-6-18-39(26)32(43)44-33(2,3)4)22-8-10-23(11-9-22)31(42)37-27-19-24(16-17-36-27)21-12-14-25(34)15-13-21/h8-17,19,26H,5-7,18,35H2,1-4H3,(H,36,37,42)/t26-/m0/s1. The van der Waals surface area contributed by atoms with Gasteiger partial charge in [0.05, 0.1) is 6.04 Å². The van der Waals surface area contributed by atoms with Crippen molar-refractivity contribution in [1.29, 1.82) is 0 Å². The number of hydrogen-bond acceptors (Lipinski definition) is 7. The largest absolute Gasteiger partial charge is 0.444 e. The number of piperidine rings is 1. The highest BCUT2D eigenvalue weighted by Crippen LogP contribution is 2.35. The second-order valence-corrected chi connectivity index (χ2v) is 11.7. The fraction of sp³-hybridized carbons (Fsp3) is 0.303. The average Bonchev–Trinajstić information content (AvgIpc) is 3.34. The number of likely N-dealkylation sites (tertiary alicyclic amines) is 1. The molecule has 2 amide bonds. The summed E-state index contributed by atoms with van der Waals surface area (Å²) in [4.78, 5) is 49.5. The van der Waals surface area contributed by atoms with E-state index in [1.165, 1.54) is 23.7 Å². The molecule has 44 heavy (non-hydrogen) atoms. The SMILES string of the molecule is CC(=O)c1c(-c2ccc(C(=O)Nc3cc(-c4ccc(F)cc4)ccn3)cc2)nc([C@@H]2CCCCN2C(=O)OC(C)(C)C)n1N. The molecule has 4 aromatic rings. The number of nitrogens with one attached hydrogen (secondary N) is 1. The number of Topliss-reactive ketones (excluding diaryl/α,β-unsaturated/α-hetero) is 1. The molecule has 2 aromatic carbocycles. The van der Waals surface area contributed by atoms with Crippen molar-refractivity contribution in [2.45, 2.75) is 58.6 Å². The Labute approximate surface area is 255 Å². The van der Waals surface area contributed by atoms with Crippen LogP contribution in [0, 0.1) is 5.82 Å². The van der Waals surface area contributed by atoms with Crippen LogP contribution >= 0.6 is 0 Å². The number of nitrogen functional groups attached to an aromatic ring is 1. The van der Waals surface area contributed by atoms with E-state index in [4.69, 9.17) is 15.6 Å². The van der Waals surface area contributed by atoms with Gasteiger partial charge in [0.25, 0.3) is 5.91 Å². The van der Waals surface area contributed by atoms with E-state index in [9.17, 15) is 18.8 Å². The molecular formula is C33H35FN6O4. The van der Waals surface area contributed by atoms with E-state index in [2.05, 4.69) is 10.3 Å². The van der Waals surface area contributed by atoms with Crippen LogP contribution in [-0.2, 0) is 4.74 Å². The van der Waals surface area contributed by atoms with E-state index >= 15 is 0 Å². The summed E-state index contributed by atoms with van der Waals surface area (Å²) in [5.41, 5.74) is 2.42. The summed E-state index contributed by atoms with van der Waals surface area (Å²) in [6.45, 7) is 7.33. The van der Waals surface area contributed by atoms with Crippen LogP contribution in [0.5, 0.6) is 0 Å². The molecule has 11 heteroatoms. The summed E-state index contributed by atoms with van der Waals surface area (Å²) >= 11 is 0. The minimum atomic E-state index is -0.664. The lowest BCUT2D eigenvalue weighted by Crippen LogP contribution is -2.43. The zero-order valence-electron chi connectivity index (χ0n) is 25.1. The monoisotopic (exact) mass is 598 g/mol. The Morgan fingerprint density at radius 1 is 0.977 bits per heavy atom. The third-order valence-corrected chi connectivity index (χ3v) is 7.30. The van der Waals surface area contributed by atoms with Gasteiger partial charge in [0.2, 0.25) is 0 Å². The van der Waals surface area contributed by atoms with Crippen molar-refractivity contribution in [3.8, 4) is 22.4 Å². The molecule has 0 aliphatic carbocycles. The molecule has 228 valence electrons. The minimum absolute atomic E-state index is 0.203. The molecule has 0 spiro atoms. The van der Waals surface area contributed by atoms with Gasteiger partial charge in [0.1, 0.15) is 28.6 Å². The molecule has 2 aromatic heterocycles. The van der Waals surface area contributed by atoms with Gasteiger partial charge in [-0.05, 0) is 87.6 Å². The number of imidazole rings is 1. The van der Waals surface area contributed by atoms with Gasteiger partial charge in [0.15, 0.2) is 11.6 Å². The number of nitrogens with zero attached hydrogens (tertiary/aromatic N) is 4. The van der Waals surface area contributed by atoms with Crippen molar-refractivity contribution < 1.29 is 23.5 Å². The van der Waals surface area contributed by atoms with E-state index in [1.54, 1.807) is 59.6 Å². The molecule has 1 aliphatic rings. The number of pyridine rings is 1. The summed E-state index contributed by atoms with van der Waals surface area (Å²) in [5, 5.41) is 2.79. The highest BCUT2D eigenvalue weighted by molar-refractivity contribution is 6.04. The van der Waals surface area contributed by atoms with Gasteiger partial charge in [0, 0.05) is 30.8 Å². The Kier molecular flexibility index (Phi) is 8.48. The maximum atomic E-state index is 13.3. The zero-order valence-corrected chi connectivity index (χ0v) is 25.1. The molecule has 5 rings (SSSR count). The molecule has 1 fully saturated rings. The molecule has 1 saturated heterocycles. The Morgan fingerprint density at radius 3 is 2.32 bits per heavy atom. The molecule has 0 radical (unpaired) electrons. The third-order valence-electron chi connectivity index (χ3n) is 7.30. The summed E-state index contributed by atoms with van der Waals surface area (Å²) in [7, 11) is 0. The lowest BCUT2D eigenvalue weighted by molar-refractivity contribution is 0.00821. The van der Waals surface area contributed by atoms with E-state index in [0.717, 1.165) is 24.0 Å². The van der Waals surface area contributed by atoms with Crippen molar-refractivity contribution >= 4 is 23.6 Å². The van der Waals surface area contributed by atoms with Crippen LogP contribution in [0.25, 0.3) is 22.4 Å². The van der Waals surface area contributed by atoms with Crippen molar-refractivity contribution in [2.24, 2.45) is 0 Å². The fourth-order valence-electron chi connectivity index (χ4n) is 5.25. The maximum Gasteiger partial charge on any atom is 0.410 e. The smallest absolute Gasteiger partial charge is 0.410 e. The fourth-order valence-corrected chi connectivity index (χ4v) is 5.25. The Hall–Kier alpha value is -5.06. The Bertz CT molecular complexity index is 1690. The third kappa shape index (κ3) is 6.61. The van der Waals surface area contributed by atoms with E-state index < -0.39 is 17.7 Å². The van der Waals surface area contributed by atoms with Crippen LogP contribution in [0.4, 0.5) is 15.0 Å². The molecule has 0 saturated carbocycles. The van der Waals surface area contributed by atoms with Gasteiger partial charge in [-0.1, -0.05) is 24.3 Å². The quantitative estimate of drug-likeness (QED) is 0.194. The van der Waals surface area contributed by atoms with Crippen molar-refractivity contribution in [1.82, 2.24) is 19.5 Å². The predicted octanol–water partition coefficient (Wildman–Crippen LogP) is 6.38. The van der Waals surface area contributed by atoms with Crippen LogP contribution in [0.2, 0.25) is 0 Å². The number of anilines is 1. The topological polar surface area (TPSA) is 132 Å². The van der Waals surface area contributed by atoms with Crippen molar-refractivity contribution in [2.75, 3.05) is 17.7 Å². The van der Waals surface area contributed by atoms with E-state index in [0.29, 0.717) is 41.4 Å². The molecule has 1 aliphatic heterocycles. The van der Waals surface area contributed by atoms with Crippen LogP contribution < -0.4 is 11.2 Å². The van der Waals surface area contributed by atoms with Gasteiger partial charge in [-0.3, -0.25) is 14.5 Å². The first-order valence-electron chi connectivity index (χ1n) is 14.4. The van der Waals surface area contributed by atoms with Gasteiger partial charge >= 0.3 is 6.09 Å². The number of nitrogens with two attached hydrogens (primary N) is 1. The molecule has 0 bridgehead atoms. The van der Waals surface area contributed by atoms with Gasteiger partial charge < -0.3 is 15.9 Å². The zero-order chi connectivity index (χ0) is 31.6. The molecule has 3 N–H and O–H groups in total. The van der Waals surface area contributed by atoms with Crippen LogP contribution in [0.15, 0.2) is 66.9 Å². The number of carbonyl (C=O) groups is 3. The molecular weight excluding hydrogens is 563 g/mol. The second-order valence-electron chi connectivity index (χ2n) is 11.7. The second kappa shape index (κ2) is 12.3. The van der Waals surface area contributed by atoms with Crippen LogP contribution in [0.1, 0.15) is 79.7 Å². The van der Waals surface area contributed by atoms with Crippen LogP contribution in [-0.4, -0.2) is 49.5 Å². The number of rotatable bonds is 6. The van der Waals surface area contributed by atoms with Crippen molar-refractivity contribution in [3.63, 3.8) is 0 Å². The van der Waals surface area contributed by atoms with E-state index in [1.807, 2.05) is 20.8 Å². The van der Waals surface area contributed by atoms with Gasteiger partial charge in [-0.25, -0.2) is 23.8 Å². The predicted molar refractivity (Wildman–Crippen MR) is 165 cm³/mol. The summed E-state index contributed by atoms with van der Waals surface area (Å²) in [5.74, 6) is 6.19. The number of hydrogen-bond donors (Lipinski definition) is 2. The summed E-state index contributed by atoms with van der Waals surface area (Å²) in [6.07, 6.45) is 3.43. The lowest BCUT2D eigenvalue weighted by atomic mass is 10.0. The first kappa shape index (κ1) is 30.4. The molecule has 10 nitrogen and oxygen atoms in total. The number of carbonyl (C=O) groups excluding carboxylic acids is 3. The van der Waals surface area contributed by atoms with E-state index in [-0.39, 0.29) is 23.2 Å². The highest BCUT2D eigenvalue weighted by atomic mass is 19.1. The number of ether oxygens (including phenoxy) is 1. The number of amides is 2. The first-order valence-corrected chi connectivity index (χ1v) is 14.4. The minimum Gasteiger partial charge on any atom is -0.444 e. The van der Waals surface area contributed by atoms with Crippen LogP contribution in [0.3, 0.4) is 0 Å². The normalized spacial score (nSPS) is 15.1. The number of aromatic nitrogens is 3. The molecule has 3 heterocycles. The van der Waals surface area contributed by atoms with Gasteiger partial charge in [-0.15, -0.1) is 0 Å². The Morgan fingerprint density at radius 2 is 1.66 bits per heavy atom.